The van der Waals surface area contributed by atoms with Crippen LogP contribution in [0, 0.1) is 0 Å². The van der Waals surface area contributed by atoms with Gasteiger partial charge in [0.25, 0.3) is 0 Å². The quantitative estimate of drug-likeness (QED) is 0.383. The standard InChI is InChI=1S/C16H27BrN4.HI/c1-13(2)20(4)11-10-19-16(18-3)21(5)12-14-8-6-7-9-15(14)17;/h6-9,13H,10-12H2,1-5H3,(H,18,19);1H. The predicted octanol–water partition coefficient (Wildman–Crippen LogP) is 3.41. The van der Waals surface area contributed by atoms with Crippen LogP contribution in [0.1, 0.15) is 19.4 Å². The Balaban J connectivity index is 0.00000441. The van der Waals surface area contributed by atoms with Crippen molar-refractivity contribution in [1.29, 1.82) is 0 Å². The summed E-state index contributed by atoms with van der Waals surface area (Å²) in [6.07, 6.45) is 0. The van der Waals surface area contributed by atoms with Gasteiger partial charge in [-0.15, -0.1) is 24.0 Å². The summed E-state index contributed by atoms with van der Waals surface area (Å²) in [6.45, 7) is 7.12. The number of nitrogens with one attached hydrogen (secondary N) is 1. The van der Waals surface area contributed by atoms with E-state index in [9.17, 15) is 0 Å². The van der Waals surface area contributed by atoms with E-state index in [1.54, 1.807) is 0 Å². The molecule has 0 bridgehead atoms. The van der Waals surface area contributed by atoms with E-state index in [1.165, 1.54) is 5.56 Å². The van der Waals surface area contributed by atoms with Gasteiger partial charge in [0.1, 0.15) is 0 Å². The molecule has 1 aromatic carbocycles. The van der Waals surface area contributed by atoms with Crippen molar-refractivity contribution < 1.29 is 0 Å². The zero-order valence-corrected chi connectivity index (χ0v) is 18.1. The van der Waals surface area contributed by atoms with E-state index in [1.807, 2.05) is 13.1 Å². The van der Waals surface area contributed by atoms with Gasteiger partial charge >= 0.3 is 0 Å². The molecule has 0 aliphatic heterocycles. The summed E-state index contributed by atoms with van der Waals surface area (Å²) in [5.41, 5.74) is 1.25. The predicted molar refractivity (Wildman–Crippen MR) is 110 cm³/mol. The molecular formula is C16H28BrIN4. The third-order valence-electron chi connectivity index (χ3n) is 3.57. The molecule has 0 fully saturated rings. The Labute approximate surface area is 160 Å². The molecule has 4 nitrogen and oxygen atoms in total. The highest BCUT2D eigenvalue weighted by atomic mass is 127. The molecule has 0 radical (unpaired) electrons. The first-order valence-corrected chi connectivity index (χ1v) is 8.10. The Hall–Kier alpha value is -0.340. The minimum atomic E-state index is 0. The van der Waals surface area contributed by atoms with Crippen LogP contribution < -0.4 is 5.32 Å². The summed E-state index contributed by atoms with van der Waals surface area (Å²) in [7, 11) is 6.02. The van der Waals surface area contributed by atoms with E-state index >= 15 is 0 Å². The van der Waals surface area contributed by atoms with Crippen molar-refractivity contribution in [3.63, 3.8) is 0 Å². The van der Waals surface area contributed by atoms with Gasteiger partial charge in [0.15, 0.2) is 5.96 Å². The minimum Gasteiger partial charge on any atom is -0.355 e. The number of halogens is 2. The molecule has 0 spiro atoms. The van der Waals surface area contributed by atoms with E-state index in [0.717, 1.165) is 30.1 Å². The van der Waals surface area contributed by atoms with Crippen molar-refractivity contribution in [3.8, 4) is 0 Å². The Bertz CT molecular complexity index is 465. The molecule has 0 atom stereocenters. The van der Waals surface area contributed by atoms with Gasteiger partial charge < -0.3 is 15.1 Å². The van der Waals surface area contributed by atoms with Gasteiger partial charge in [0.05, 0.1) is 0 Å². The first-order chi connectivity index (χ1) is 9.95. The molecule has 6 heteroatoms. The van der Waals surface area contributed by atoms with Crippen LogP contribution in [-0.2, 0) is 6.54 Å². The number of rotatable bonds is 6. The average molecular weight is 483 g/mol. The Morgan fingerprint density at radius 3 is 2.45 bits per heavy atom. The molecule has 0 amide bonds. The molecule has 0 saturated heterocycles. The fourth-order valence-electron chi connectivity index (χ4n) is 1.94. The second-order valence-corrected chi connectivity index (χ2v) is 6.35. The van der Waals surface area contributed by atoms with Crippen LogP contribution in [0.15, 0.2) is 33.7 Å². The smallest absolute Gasteiger partial charge is 0.193 e. The summed E-state index contributed by atoms with van der Waals surface area (Å²) in [5, 5.41) is 3.41. The largest absolute Gasteiger partial charge is 0.355 e. The Morgan fingerprint density at radius 2 is 1.91 bits per heavy atom. The molecule has 0 aliphatic rings. The second kappa shape index (κ2) is 11.2. The molecule has 0 saturated carbocycles. The third-order valence-corrected chi connectivity index (χ3v) is 4.34. The molecule has 1 rings (SSSR count). The van der Waals surface area contributed by atoms with Crippen molar-refractivity contribution in [1.82, 2.24) is 15.1 Å². The Kier molecular flexibility index (Phi) is 11.1. The number of hydrogen-bond donors (Lipinski definition) is 1. The van der Waals surface area contributed by atoms with Crippen LogP contribution in [0.2, 0.25) is 0 Å². The lowest BCUT2D eigenvalue weighted by Crippen LogP contribution is -2.42. The number of guanidine groups is 1. The van der Waals surface area contributed by atoms with E-state index in [4.69, 9.17) is 0 Å². The van der Waals surface area contributed by atoms with Gasteiger partial charge in [-0.3, -0.25) is 4.99 Å². The van der Waals surface area contributed by atoms with Crippen molar-refractivity contribution in [2.24, 2.45) is 4.99 Å². The summed E-state index contributed by atoms with van der Waals surface area (Å²) in [5.74, 6) is 0.919. The minimum absolute atomic E-state index is 0. The monoisotopic (exact) mass is 482 g/mol. The van der Waals surface area contributed by atoms with E-state index in [-0.39, 0.29) is 24.0 Å². The van der Waals surface area contributed by atoms with E-state index in [0.29, 0.717) is 6.04 Å². The highest BCUT2D eigenvalue weighted by Gasteiger charge is 2.09. The van der Waals surface area contributed by atoms with E-state index < -0.39 is 0 Å². The van der Waals surface area contributed by atoms with Gasteiger partial charge in [-0.25, -0.2) is 0 Å². The van der Waals surface area contributed by atoms with Crippen LogP contribution in [0.4, 0.5) is 0 Å². The maximum absolute atomic E-state index is 4.35. The van der Waals surface area contributed by atoms with Crippen LogP contribution in [-0.4, -0.2) is 56.0 Å². The number of benzene rings is 1. The second-order valence-electron chi connectivity index (χ2n) is 5.50. The highest BCUT2D eigenvalue weighted by molar-refractivity contribution is 14.0. The fraction of sp³-hybridized carbons (Fsp3) is 0.562. The lowest BCUT2D eigenvalue weighted by Gasteiger charge is -2.25. The summed E-state index contributed by atoms with van der Waals surface area (Å²) < 4.78 is 1.13. The van der Waals surface area contributed by atoms with Crippen molar-refractivity contribution in [2.45, 2.75) is 26.4 Å². The molecule has 0 aliphatic carbocycles. The highest BCUT2D eigenvalue weighted by Crippen LogP contribution is 2.17. The first kappa shape index (κ1) is 21.7. The zero-order valence-electron chi connectivity index (χ0n) is 14.1. The van der Waals surface area contributed by atoms with Crippen molar-refractivity contribution in [2.75, 3.05) is 34.2 Å². The summed E-state index contributed by atoms with van der Waals surface area (Å²) >= 11 is 3.59. The molecule has 1 N–H and O–H groups in total. The van der Waals surface area contributed by atoms with Crippen LogP contribution in [0.25, 0.3) is 0 Å². The summed E-state index contributed by atoms with van der Waals surface area (Å²) in [6, 6.07) is 8.84. The molecule has 0 unspecified atom stereocenters. The molecule has 0 heterocycles. The number of hydrogen-bond acceptors (Lipinski definition) is 2. The van der Waals surface area contributed by atoms with Gasteiger partial charge in [-0.1, -0.05) is 34.1 Å². The summed E-state index contributed by atoms with van der Waals surface area (Å²) in [4.78, 5) is 8.80. The van der Waals surface area contributed by atoms with E-state index in [2.05, 4.69) is 82.2 Å². The molecule has 1 aromatic rings. The lowest BCUT2D eigenvalue weighted by atomic mass is 10.2. The van der Waals surface area contributed by atoms with Gasteiger partial charge in [0.2, 0.25) is 0 Å². The first-order valence-electron chi connectivity index (χ1n) is 7.31. The SMILES string of the molecule is CN=C(NCCN(C)C(C)C)N(C)Cc1ccccc1Br.I. The van der Waals surface area contributed by atoms with Crippen LogP contribution >= 0.6 is 39.9 Å². The molecule has 22 heavy (non-hydrogen) atoms. The zero-order chi connectivity index (χ0) is 15.8. The third kappa shape index (κ3) is 7.28. The lowest BCUT2D eigenvalue weighted by molar-refractivity contribution is 0.277. The normalized spacial score (nSPS) is 11.5. The Morgan fingerprint density at radius 1 is 1.27 bits per heavy atom. The number of aliphatic imine (C=N–C) groups is 1. The van der Waals surface area contributed by atoms with Crippen molar-refractivity contribution >= 4 is 45.9 Å². The molecule has 0 aromatic heterocycles. The maximum atomic E-state index is 4.35. The number of nitrogens with zero attached hydrogens (tertiary/aromatic N) is 3. The fourth-order valence-corrected chi connectivity index (χ4v) is 2.35. The number of likely N-dealkylation sites (N-methyl/N-ethyl adjacent to an activating group) is 1. The van der Waals surface area contributed by atoms with Crippen LogP contribution in [0.3, 0.4) is 0 Å². The van der Waals surface area contributed by atoms with Crippen molar-refractivity contribution in [3.05, 3.63) is 34.3 Å². The van der Waals surface area contributed by atoms with Gasteiger partial charge in [0, 0.05) is 44.2 Å². The van der Waals surface area contributed by atoms with Gasteiger partial charge in [-0.05, 0) is 32.5 Å². The van der Waals surface area contributed by atoms with Crippen LogP contribution in [0.5, 0.6) is 0 Å². The maximum Gasteiger partial charge on any atom is 0.193 e. The average Bonchev–Trinajstić information content (AvgIpc) is 2.45. The van der Waals surface area contributed by atoms with Gasteiger partial charge in [-0.2, -0.15) is 0 Å². The molecule has 126 valence electrons. The molecular weight excluding hydrogens is 455 g/mol. The topological polar surface area (TPSA) is 30.9 Å².